The molecule has 1 amide bonds. The van der Waals surface area contributed by atoms with Crippen LogP contribution in [-0.4, -0.2) is 42.8 Å². The zero-order chi connectivity index (χ0) is 19.2. The number of ketones is 1. The van der Waals surface area contributed by atoms with Gasteiger partial charge in [-0.1, -0.05) is 29.8 Å². The fourth-order valence-electron chi connectivity index (χ4n) is 3.32. The third kappa shape index (κ3) is 5.79. The van der Waals surface area contributed by atoms with Crippen molar-refractivity contribution in [3.63, 3.8) is 0 Å². The van der Waals surface area contributed by atoms with Gasteiger partial charge in [-0.25, -0.2) is 0 Å². The number of Topliss-reactive ketones (excluding diaryl/α,β-unsaturated/α-hetero) is 1. The van der Waals surface area contributed by atoms with Gasteiger partial charge in [0, 0.05) is 54.9 Å². The fourth-order valence-corrected chi connectivity index (χ4v) is 3.58. The van der Waals surface area contributed by atoms with Crippen LogP contribution in [0.1, 0.15) is 35.3 Å². The molecule has 0 spiro atoms. The van der Waals surface area contributed by atoms with Crippen molar-refractivity contribution in [1.29, 1.82) is 0 Å². The van der Waals surface area contributed by atoms with Crippen LogP contribution in [0.2, 0.25) is 5.02 Å². The lowest BCUT2D eigenvalue weighted by Gasteiger charge is -2.36. The first-order valence-electron chi connectivity index (χ1n) is 9.14. The molecule has 0 bridgehead atoms. The van der Waals surface area contributed by atoms with Gasteiger partial charge in [0.25, 0.3) is 0 Å². The van der Waals surface area contributed by atoms with Crippen molar-refractivity contribution in [2.45, 2.75) is 19.4 Å². The summed E-state index contributed by atoms with van der Waals surface area (Å²) in [7, 11) is 0. The van der Waals surface area contributed by atoms with E-state index in [1.54, 1.807) is 24.3 Å². The molecule has 2 aromatic carbocycles. The number of anilines is 1. The van der Waals surface area contributed by atoms with Crippen LogP contribution in [-0.2, 0) is 4.79 Å². The van der Waals surface area contributed by atoms with Gasteiger partial charge in [-0.3, -0.25) is 14.5 Å². The summed E-state index contributed by atoms with van der Waals surface area (Å²) < 4.78 is 0. The van der Waals surface area contributed by atoms with Crippen LogP contribution in [0.25, 0.3) is 0 Å². The van der Waals surface area contributed by atoms with Crippen molar-refractivity contribution in [3.05, 3.63) is 64.7 Å². The van der Waals surface area contributed by atoms with E-state index in [4.69, 9.17) is 11.6 Å². The first kappa shape index (κ1) is 22.4. The second kappa shape index (κ2) is 10.6. The van der Waals surface area contributed by atoms with Crippen LogP contribution in [0.3, 0.4) is 0 Å². The van der Waals surface area contributed by atoms with Crippen LogP contribution in [0.5, 0.6) is 0 Å². The number of piperazine rings is 1. The lowest BCUT2D eigenvalue weighted by Crippen LogP contribution is -2.46. The minimum atomic E-state index is -0.0398. The zero-order valence-corrected chi connectivity index (χ0v) is 17.4. The summed E-state index contributed by atoms with van der Waals surface area (Å²) in [5, 5.41) is 7.05. The zero-order valence-electron chi connectivity index (χ0n) is 15.8. The Morgan fingerprint density at radius 2 is 1.89 bits per heavy atom. The highest BCUT2D eigenvalue weighted by Crippen LogP contribution is 2.28. The molecule has 1 heterocycles. The summed E-state index contributed by atoms with van der Waals surface area (Å²) in [5.74, 6) is -0.0285. The summed E-state index contributed by atoms with van der Waals surface area (Å²) >= 11 is 6.37. The predicted octanol–water partition coefficient (Wildman–Crippen LogP) is 3.94. The number of carbonyl (C=O) groups is 2. The van der Waals surface area contributed by atoms with Crippen molar-refractivity contribution < 1.29 is 9.59 Å². The van der Waals surface area contributed by atoms with Gasteiger partial charge in [0.05, 0.1) is 0 Å². The first-order valence-corrected chi connectivity index (χ1v) is 9.52. The molecule has 0 aliphatic carbocycles. The second-order valence-electron chi connectivity index (χ2n) is 6.71. The van der Waals surface area contributed by atoms with Gasteiger partial charge in [0.2, 0.25) is 5.91 Å². The number of hydrogen-bond donors (Lipinski definition) is 2. The Balaban J connectivity index is 0.00000280. The predicted molar refractivity (Wildman–Crippen MR) is 116 cm³/mol. The third-order valence-electron chi connectivity index (χ3n) is 4.82. The van der Waals surface area contributed by atoms with E-state index >= 15 is 0 Å². The van der Waals surface area contributed by atoms with Gasteiger partial charge < -0.3 is 10.6 Å². The van der Waals surface area contributed by atoms with Gasteiger partial charge in [0.15, 0.2) is 5.78 Å². The van der Waals surface area contributed by atoms with E-state index in [1.165, 1.54) is 6.92 Å². The minimum Gasteiger partial charge on any atom is -0.326 e. The van der Waals surface area contributed by atoms with E-state index in [1.807, 2.05) is 24.3 Å². The van der Waals surface area contributed by atoms with Crippen molar-refractivity contribution in [2.24, 2.45) is 0 Å². The Bertz CT molecular complexity index is 812. The van der Waals surface area contributed by atoms with Crippen LogP contribution in [0.15, 0.2) is 48.5 Å². The summed E-state index contributed by atoms with van der Waals surface area (Å²) in [6.45, 7) is 4.77. The second-order valence-corrected chi connectivity index (χ2v) is 7.12. The number of benzene rings is 2. The summed E-state index contributed by atoms with van der Waals surface area (Å²) in [4.78, 5) is 26.0. The van der Waals surface area contributed by atoms with E-state index in [0.29, 0.717) is 24.2 Å². The molecule has 1 saturated heterocycles. The maximum atomic E-state index is 12.3. The Kier molecular flexibility index (Phi) is 8.45. The quantitative estimate of drug-likeness (QED) is 0.693. The smallest absolute Gasteiger partial charge is 0.225 e. The number of hydrogen-bond acceptors (Lipinski definition) is 4. The molecule has 2 N–H and O–H groups in total. The van der Waals surface area contributed by atoms with Crippen molar-refractivity contribution in [3.8, 4) is 0 Å². The summed E-state index contributed by atoms with van der Waals surface area (Å²) in [6.07, 6.45) is 0.398. The molecule has 1 atom stereocenters. The lowest BCUT2D eigenvalue weighted by atomic mass is 10.0. The van der Waals surface area contributed by atoms with E-state index in [2.05, 4.69) is 15.5 Å². The SMILES string of the molecule is CC(=O)c1ccc(NC(=O)CCN2CCNCC2c2ccccc2Cl)cc1.Cl. The normalized spacial score (nSPS) is 16.9. The molecule has 7 heteroatoms. The van der Waals surface area contributed by atoms with Gasteiger partial charge >= 0.3 is 0 Å². The van der Waals surface area contributed by atoms with E-state index < -0.39 is 0 Å². The van der Waals surface area contributed by atoms with Gasteiger partial charge in [-0.2, -0.15) is 0 Å². The highest BCUT2D eigenvalue weighted by Gasteiger charge is 2.25. The Morgan fingerprint density at radius 1 is 1.18 bits per heavy atom. The van der Waals surface area contributed by atoms with Crippen LogP contribution < -0.4 is 10.6 Å². The van der Waals surface area contributed by atoms with Crippen molar-refractivity contribution in [1.82, 2.24) is 10.2 Å². The van der Waals surface area contributed by atoms with E-state index in [9.17, 15) is 9.59 Å². The average molecular weight is 422 g/mol. The maximum absolute atomic E-state index is 12.3. The van der Waals surface area contributed by atoms with E-state index in [0.717, 1.165) is 30.2 Å². The number of rotatable bonds is 6. The molecular weight excluding hydrogens is 397 g/mol. The Hall–Kier alpha value is -1.92. The molecule has 1 aliphatic rings. The third-order valence-corrected chi connectivity index (χ3v) is 5.16. The first-order chi connectivity index (χ1) is 13.0. The summed E-state index contributed by atoms with van der Waals surface area (Å²) in [6, 6.07) is 15.0. The Labute approximate surface area is 176 Å². The molecule has 2 aromatic rings. The Morgan fingerprint density at radius 3 is 2.57 bits per heavy atom. The summed E-state index contributed by atoms with van der Waals surface area (Å²) in [5.41, 5.74) is 2.43. The van der Waals surface area contributed by atoms with Gasteiger partial charge in [-0.05, 0) is 42.8 Å². The number of halogens is 2. The molecule has 0 saturated carbocycles. The largest absolute Gasteiger partial charge is 0.326 e. The fraction of sp³-hybridized carbons (Fsp3) is 0.333. The van der Waals surface area contributed by atoms with Crippen molar-refractivity contribution >= 4 is 41.4 Å². The standard InChI is InChI=1S/C21H24ClN3O2.ClH/c1-15(26)16-6-8-17(9-7-16)24-21(27)10-12-25-13-11-23-14-20(25)18-4-2-3-5-19(18)22;/h2-9,20,23H,10-14H2,1H3,(H,24,27);1H. The van der Waals surface area contributed by atoms with Gasteiger partial charge in [-0.15, -0.1) is 12.4 Å². The molecule has 28 heavy (non-hydrogen) atoms. The number of carbonyl (C=O) groups excluding carboxylic acids is 2. The van der Waals surface area contributed by atoms with Crippen LogP contribution in [0.4, 0.5) is 5.69 Å². The maximum Gasteiger partial charge on any atom is 0.225 e. The van der Waals surface area contributed by atoms with E-state index in [-0.39, 0.29) is 30.1 Å². The van der Waals surface area contributed by atoms with Crippen molar-refractivity contribution in [2.75, 3.05) is 31.5 Å². The highest BCUT2D eigenvalue weighted by atomic mass is 35.5. The number of amides is 1. The number of nitrogens with zero attached hydrogens (tertiary/aromatic N) is 1. The molecule has 1 unspecified atom stereocenters. The van der Waals surface area contributed by atoms with Gasteiger partial charge in [0.1, 0.15) is 0 Å². The number of nitrogens with one attached hydrogen (secondary N) is 2. The molecular formula is C21H25Cl2N3O2. The molecule has 5 nitrogen and oxygen atoms in total. The molecule has 0 aromatic heterocycles. The molecule has 1 aliphatic heterocycles. The van der Waals surface area contributed by atoms with Crippen LogP contribution in [0, 0.1) is 0 Å². The molecule has 3 rings (SSSR count). The highest BCUT2D eigenvalue weighted by molar-refractivity contribution is 6.31. The molecule has 150 valence electrons. The monoisotopic (exact) mass is 421 g/mol. The van der Waals surface area contributed by atoms with Crippen LogP contribution >= 0.6 is 24.0 Å². The topological polar surface area (TPSA) is 61.4 Å². The minimum absolute atomic E-state index is 0. The lowest BCUT2D eigenvalue weighted by molar-refractivity contribution is -0.116. The molecule has 1 fully saturated rings. The molecule has 0 radical (unpaired) electrons. The average Bonchev–Trinajstić information content (AvgIpc) is 2.67.